The molecule has 2 aromatic rings. The van der Waals surface area contributed by atoms with Crippen molar-refractivity contribution in [2.45, 2.75) is 50.4 Å². The summed E-state index contributed by atoms with van der Waals surface area (Å²) in [6, 6.07) is 4.06. The Morgan fingerprint density at radius 1 is 1.36 bits per heavy atom. The molecule has 2 heterocycles. The van der Waals surface area contributed by atoms with Gasteiger partial charge in [0, 0.05) is 30.5 Å². The average molecular weight is 398 g/mol. The van der Waals surface area contributed by atoms with Crippen molar-refractivity contribution >= 4 is 17.7 Å². The molecular weight excluding hydrogens is 370 g/mol. The first kappa shape index (κ1) is 19.2. The van der Waals surface area contributed by atoms with Crippen molar-refractivity contribution in [3.05, 3.63) is 37.2 Å². The molecule has 4 unspecified atom stereocenters. The van der Waals surface area contributed by atoms with Gasteiger partial charge in [-0.05, 0) is 56.1 Å². The zero-order chi connectivity index (χ0) is 19.5. The van der Waals surface area contributed by atoms with Gasteiger partial charge in [0.05, 0.1) is 5.75 Å². The molecule has 7 heteroatoms. The largest absolute Gasteiger partial charge is 0.353 e. The lowest BCUT2D eigenvalue weighted by Gasteiger charge is -2.28. The van der Waals surface area contributed by atoms with Crippen molar-refractivity contribution in [3.63, 3.8) is 0 Å². The average Bonchev–Trinajstić information content (AvgIpc) is 3.43. The summed E-state index contributed by atoms with van der Waals surface area (Å²) in [6.07, 6.45) is 10.7. The van der Waals surface area contributed by atoms with Crippen LogP contribution in [0, 0.1) is 17.8 Å². The first-order chi connectivity index (χ1) is 13.7. The first-order valence-corrected chi connectivity index (χ1v) is 11.0. The molecule has 2 aromatic heterocycles. The summed E-state index contributed by atoms with van der Waals surface area (Å²) in [5, 5.41) is 12.6. The summed E-state index contributed by atoms with van der Waals surface area (Å²) in [5.41, 5.74) is 0.950. The predicted molar refractivity (Wildman–Crippen MR) is 111 cm³/mol. The summed E-state index contributed by atoms with van der Waals surface area (Å²) in [4.78, 5) is 16.6. The van der Waals surface area contributed by atoms with Gasteiger partial charge in [0.15, 0.2) is 11.0 Å². The number of pyridine rings is 1. The van der Waals surface area contributed by atoms with E-state index in [9.17, 15) is 4.79 Å². The van der Waals surface area contributed by atoms with E-state index in [0.717, 1.165) is 28.4 Å². The molecule has 0 aromatic carbocycles. The summed E-state index contributed by atoms with van der Waals surface area (Å²) in [5.74, 6) is 3.53. The van der Waals surface area contributed by atoms with Crippen molar-refractivity contribution < 1.29 is 4.79 Å². The smallest absolute Gasteiger partial charge is 0.230 e. The SMILES string of the molecule is C=CCn1c(SCC(=O)NC(C)C2CC3CCC2C3)nnc1-c1ccncc1. The number of hydrogen-bond acceptors (Lipinski definition) is 5. The number of hydrogen-bond donors (Lipinski definition) is 1. The Bertz CT molecular complexity index is 837. The minimum Gasteiger partial charge on any atom is -0.353 e. The van der Waals surface area contributed by atoms with E-state index in [-0.39, 0.29) is 11.9 Å². The summed E-state index contributed by atoms with van der Waals surface area (Å²) >= 11 is 1.42. The first-order valence-electron chi connectivity index (χ1n) is 10.0. The molecule has 0 saturated heterocycles. The molecule has 2 fully saturated rings. The maximum absolute atomic E-state index is 12.5. The van der Waals surface area contributed by atoms with Gasteiger partial charge in [-0.25, -0.2) is 0 Å². The van der Waals surface area contributed by atoms with Gasteiger partial charge < -0.3 is 5.32 Å². The molecule has 1 N–H and O–H groups in total. The standard InChI is InChI=1S/C21H27N5OS/c1-3-10-26-20(16-6-8-22-9-7-16)24-25-21(26)28-13-19(27)23-14(2)18-12-15-4-5-17(18)11-15/h3,6-9,14-15,17-18H,1,4-5,10-13H2,2H3,(H,23,27). The Morgan fingerprint density at radius 3 is 2.86 bits per heavy atom. The molecule has 6 nitrogen and oxygen atoms in total. The van der Waals surface area contributed by atoms with Crippen LogP contribution in [0.25, 0.3) is 11.4 Å². The van der Waals surface area contributed by atoms with Crippen LogP contribution in [0.1, 0.15) is 32.6 Å². The fourth-order valence-corrected chi connectivity index (χ4v) is 5.60. The Hall–Kier alpha value is -2.15. The van der Waals surface area contributed by atoms with Crippen LogP contribution < -0.4 is 5.32 Å². The number of rotatable bonds is 8. The summed E-state index contributed by atoms with van der Waals surface area (Å²) in [7, 11) is 0. The fraction of sp³-hybridized carbons (Fsp3) is 0.524. The van der Waals surface area contributed by atoms with Crippen molar-refractivity contribution in [2.24, 2.45) is 17.8 Å². The highest BCUT2D eigenvalue weighted by molar-refractivity contribution is 7.99. The number of fused-ring (bicyclic) bond motifs is 2. The Morgan fingerprint density at radius 2 is 2.18 bits per heavy atom. The molecule has 2 bridgehead atoms. The highest BCUT2D eigenvalue weighted by atomic mass is 32.2. The minimum atomic E-state index is 0.0684. The van der Waals surface area contributed by atoms with Crippen LogP contribution >= 0.6 is 11.8 Å². The van der Waals surface area contributed by atoms with E-state index in [1.807, 2.05) is 22.8 Å². The van der Waals surface area contributed by atoms with Crippen LogP contribution in [0.5, 0.6) is 0 Å². The number of thioether (sulfide) groups is 1. The quantitative estimate of drug-likeness (QED) is 0.545. The zero-order valence-corrected chi connectivity index (χ0v) is 17.1. The van der Waals surface area contributed by atoms with Crippen molar-refractivity contribution in [3.8, 4) is 11.4 Å². The Balaban J connectivity index is 1.37. The molecule has 148 valence electrons. The van der Waals surface area contributed by atoms with E-state index in [1.54, 1.807) is 12.4 Å². The molecular formula is C21H27N5OS. The fourth-order valence-electron chi connectivity index (χ4n) is 4.84. The Labute approximate surface area is 170 Å². The van der Waals surface area contributed by atoms with Crippen LogP contribution in [-0.4, -0.2) is 37.5 Å². The van der Waals surface area contributed by atoms with Crippen LogP contribution in [0.2, 0.25) is 0 Å². The minimum absolute atomic E-state index is 0.0684. The van der Waals surface area contributed by atoms with E-state index in [0.29, 0.717) is 18.2 Å². The highest BCUT2D eigenvalue weighted by Crippen LogP contribution is 2.49. The molecule has 4 atom stereocenters. The van der Waals surface area contributed by atoms with Crippen LogP contribution in [0.4, 0.5) is 0 Å². The number of nitrogens with zero attached hydrogens (tertiary/aromatic N) is 4. The molecule has 0 spiro atoms. The molecule has 2 aliphatic carbocycles. The van der Waals surface area contributed by atoms with Gasteiger partial charge in [-0.2, -0.15) is 0 Å². The third-order valence-corrected chi connectivity index (χ3v) is 7.09. The Kier molecular flexibility index (Phi) is 5.80. The van der Waals surface area contributed by atoms with Gasteiger partial charge in [-0.3, -0.25) is 14.3 Å². The lowest BCUT2D eigenvalue weighted by molar-refractivity contribution is -0.119. The topological polar surface area (TPSA) is 72.7 Å². The lowest BCUT2D eigenvalue weighted by atomic mass is 9.84. The second kappa shape index (κ2) is 8.47. The monoisotopic (exact) mass is 397 g/mol. The third-order valence-electron chi connectivity index (χ3n) is 6.12. The second-order valence-electron chi connectivity index (χ2n) is 7.92. The molecule has 2 saturated carbocycles. The van der Waals surface area contributed by atoms with Gasteiger partial charge >= 0.3 is 0 Å². The van der Waals surface area contributed by atoms with Gasteiger partial charge in [0.2, 0.25) is 5.91 Å². The third kappa shape index (κ3) is 3.99. The van der Waals surface area contributed by atoms with E-state index < -0.39 is 0 Å². The maximum Gasteiger partial charge on any atom is 0.230 e. The normalized spacial score (nSPS) is 24.2. The molecule has 2 aliphatic rings. The number of nitrogens with one attached hydrogen (secondary N) is 1. The van der Waals surface area contributed by atoms with Crippen LogP contribution in [0.3, 0.4) is 0 Å². The van der Waals surface area contributed by atoms with Crippen LogP contribution in [-0.2, 0) is 11.3 Å². The predicted octanol–water partition coefficient (Wildman–Crippen LogP) is 3.56. The van der Waals surface area contributed by atoms with E-state index in [1.165, 1.54) is 37.4 Å². The maximum atomic E-state index is 12.5. The van der Waals surface area contributed by atoms with E-state index >= 15 is 0 Å². The molecule has 4 rings (SSSR count). The summed E-state index contributed by atoms with van der Waals surface area (Å²) in [6.45, 7) is 6.59. The highest BCUT2D eigenvalue weighted by Gasteiger charge is 2.42. The number of aromatic nitrogens is 4. The van der Waals surface area contributed by atoms with Crippen molar-refractivity contribution in [1.29, 1.82) is 0 Å². The summed E-state index contributed by atoms with van der Waals surface area (Å²) < 4.78 is 1.99. The molecule has 0 radical (unpaired) electrons. The lowest BCUT2D eigenvalue weighted by Crippen LogP contribution is -2.40. The number of amides is 1. The van der Waals surface area contributed by atoms with Crippen LogP contribution in [0.15, 0.2) is 42.3 Å². The molecule has 28 heavy (non-hydrogen) atoms. The van der Waals surface area contributed by atoms with E-state index in [2.05, 4.69) is 34.0 Å². The van der Waals surface area contributed by atoms with Gasteiger partial charge in [-0.1, -0.05) is 24.3 Å². The van der Waals surface area contributed by atoms with Crippen molar-refractivity contribution in [2.75, 3.05) is 5.75 Å². The molecule has 0 aliphatic heterocycles. The number of allylic oxidation sites excluding steroid dienone is 1. The number of carbonyl (C=O) groups excluding carboxylic acids is 1. The second-order valence-corrected chi connectivity index (χ2v) is 8.87. The number of carbonyl (C=O) groups is 1. The zero-order valence-electron chi connectivity index (χ0n) is 16.3. The van der Waals surface area contributed by atoms with Crippen molar-refractivity contribution in [1.82, 2.24) is 25.1 Å². The van der Waals surface area contributed by atoms with E-state index in [4.69, 9.17) is 0 Å². The molecule has 1 amide bonds. The van der Waals surface area contributed by atoms with Gasteiger partial charge in [0.25, 0.3) is 0 Å². The van der Waals surface area contributed by atoms with Gasteiger partial charge in [-0.15, -0.1) is 16.8 Å². The van der Waals surface area contributed by atoms with Gasteiger partial charge in [0.1, 0.15) is 0 Å².